The van der Waals surface area contributed by atoms with E-state index in [-0.39, 0.29) is 10.6 Å². The lowest BCUT2D eigenvalue weighted by molar-refractivity contribution is -0.137. The lowest BCUT2D eigenvalue weighted by Crippen LogP contribution is -2.23. The fourth-order valence-corrected chi connectivity index (χ4v) is 2.23. The van der Waals surface area contributed by atoms with Gasteiger partial charge in [-0.05, 0) is 36.4 Å². The molecule has 0 unspecified atom stereocenters. The molecule has 0 aliphatic rings. The minimum Gasteiger partial charge on any atom is -0.497 e. The quantitative estimate of drug-likeness (QED) is 0.782. The second-order valence-corrected chi connectivity index (χ2v) is 5.42. The zero-order valence-corrected chi connectivity index (χ0v) is 14.1. The van der Waals surface area contributed by atoms with Crippen LogP contribution >= 0.6 is 11.6 Å². The number of benzene rings is 2. The minimum absolute atomic E-state index is 0.160. The van der Waals surface area contributed by atoms with Crippen LogP contribution < -0.4 is 10.1 Å². The van der Waals surface area contributed by atoms with Crippen LogP contribution in [0.15, 0.2) is 42.5 Å². The number of methoxy groups -OCH3 is 1. The summed E-state index contributed by atoms with van der Waals surface area (Å²) in [6, 6.07) is 9.00. The molecule has 138 valence electrons. The SMILES string of the molecule is COc1ccc(C(=O)OCC(=O)Nc2c(Cl)cccc2C(F)(F)F)cc1. The number of hydrogen-bond acceptors (Lipinski definition) is 4. The topological polar surface area (TPSA) is 64.6 Å². The summed E-state index contributed by atoms with van der Waals surface area (Å²) in [5.41, 5.74) is -1.53. The van der Waals surface area contributed by atoms with E-state index in [2.05, 4.69) is 0 Å². The largest absolute Gasteiger partial charge is 0.497 e. The van der Waals surface area contributed by atoms with Gasteiger partial charge in [0.05, 0.1) is 28.9 Å². The molecule has 9 heteroatoms. The molecule has 0 heterocycles. The van der Waals surface area contributed by atoms with Crippen LogP contribution in [0.5, 0.6) is 5.75 Å². The van der Waals surface area contributed by atoms with Crippen molar-refractivity contribution >= 4 is 29.2 Å². The normalized spacial score (nSPS) is 11.0. The Morgan fingerprint density at radius 3 is 2.35 bits per heavy atom. The lowest BCUT2D eigenvalue weighted by atomic mass is 10.1. The van der Waals surface area contributed by atoms with Crippen LogP contribution in [0.1, 0.15) is 15.9 Å². The Bertz CT molecular complexity index is 807. The van der Waals surface area contributed by atoms with Crippen molar-refractivity contribution < 1.29 is 32.2 Å². The van der Waals surface area contributed by atoms with Gasteiger partial charge in [-0.2, -0.15) is 13.2 Å². The van der Waals surface area contributed by atoms with Gasteiger partial charge < -0.3 is 14.8 Å². The summed E-state index contributed by atoms with van der Waals surface area (Å²) < 4.78 is 48.6. The molecule has 0 aliphatic carbocycles. The predicted molar refractivity (Wildman–Crippen MR) is 88.4 cm³/mol. The van der Waals surface area contributed by atoms with Crippen LogP contribution in [0.2, 0.25) is 5.02 Å². The summed E-state index contributed by atoms with van der Waals surface area (Å²) in [5, 5.41) is 1.74. The Labute approximate surface area is 151 Å². The van der Waals surface area contributed by atoms with E-state index in [1.165, 1.54) is 37.4 Å². The van der Waals surface area contributed by atoms with Crippen molar-refractivity contribution in [2.75, 3.05) is 19.0 Å². The van der Waals surface area contributed by atoms with E-state index in [4.69, 9.17) is 21.1 Å². The van der Waals surface area contributed by atoms with Gasteiger partial charge in [-0.1, -0.05) is 17.7 Å². The summed E-state index contributed by atoms with van der Waals surface area (Å²) in [5.74, 6) is -1.24. The third-order valence-corrected chi connectivity index (χ3v) is 3.56. The highest BCUT2D eigenvalue weighted by Crippen LogP contribution is 2.38. The second kappa shape index (κ2) is 8.09. The third-order valence-electron chi connectivity index (χ3n) is 3.24. The zero-order valence-electron chi connectivity index (χ0n) is 13.4. The van der Waals surface area contributed by atoms with Crippen molar-refractivity contribution in [1.82, 2.24) is 0 Å². The summed E-state index contributed by atoms with van der Waals surface area (Å²) in [6.45, 7) is -0.770. The van der Waals surface area contributed by atoms with Gasteiger partial charge in [0.15, 0.2) is 6.61 Å². The van der Waals surface area contributed by atoms with Gasteiger partial charge in [0.2, 0.25) is 0 Å². The van der Waals surface area contributed by atoms with E-state index in [0.717, 1.165) is 12.1 Å². The van der Waals surface area contributed by atoms with E-state index in [9.17, 15) is 22.8 Å². The van der Waals surface area contributed by atoms with E-state index in [1.807, 2.05) is 5.32 Å². The van der Waals surface area contributed by atoms with E-state index >= 15 is 0 Å². The van der Waals surface area contributed by atoms with Crippen molar-refractivity contribution in [1.29, 1.82) is 0 Å². The molecule has 0 spiro atoms. The third kappa shape index (κ3) is 4.89. The van der Waals surface area contributed by atoms with E-state index < -0.39 is 35.9 Å². The Morgan fingerprint density at radius 1 is 1.12 bits per heavy atom. The average molecular weight is 388 g/mol. The van der Waals surface area contributed by atoms with Crippen LogP contribution in [-0.4, -0.2) is 25.6 Å². The van der Waals surface area contributed by atoms with E-state index in [1.54, 1.807) is 0 Å². The highest BCUT2D eigenvalue weighted by atomic mass is 35.5. The highest BCUT2D eigenvalue weighted by molar-refractivity contribution is 6.34. The summed E-state index contributed by atoms with van der Waals surface area (Å²) in [6.07, 6.45) is -4.70. The fraction of sp³-hybridized carbons (Fsp3) is 0.176. The van der Waals surface area contributed by atoms with Crippen LogP contribution in [0, 0.1) is 0 Å². The van der Waals surface area contributed by atoms with Crippen molar-refractivity contribution in [3.05, 3.63) is 58.6 Å². The number of rotatable bonds is 5. The molecule has 2 rings (SSSR count). The maximum Gasteiger partial charge on any atom is 0.418 e. The maximum absolute atomic E-state index is 13.0. The van der Waals surface area contributed by atoms with Crippen molar-refractivity contribution in [3.63, 3.8) is 0 Å². The monoisotopic (exact) mass is 387 g/mol. The number of amides is 1. The number of carbonyl (C=O) groups is 2. The number of ether oxygens (including phenoxy) is 2. The number of carbonyl (C=O) groups excluding carboxylic acids is 2. The molecule has 0 fully saturated rings. The Balaban J connectivity index is 2.02. The second-order valence-electron chi connectivity index (χ2n) is 5.01. The molecule has 0 saturated heterocycles. The van der Waals surface area contributed by atoms with Crippen LogP contribution in [0.3, 0.4) is 0 Å². The first-order valence-corrected chi connectivity index (χ1v) is 7.57. The van der Waals surface area contributed by atoms with Gasteiger partial charge in [0, 0.05) is 0 Å². The predicted octanol–water partition coefficient (Wildman–Crippen LogP) is 4.16. The number of esters is 1. The first-order valence-electron chi connectivity index (χ1n) is 7.19. The number of para-hydroxylation sites is 1. The number of nitrogens with one attached hydrogen (secondary N) is 1. The Hall–Kier alpha value is -2.74. The highest BCUT2D eigenvalue weighted by Gasteiger charge is 2.34. The standard InChI is InChI=1S/C17H13ClF3NO4/c1-25-11-7-5-10(6-8-11)16(24)26-9-14(23)22-15-12(17(19,20)21)3-2-4-13(15)18/h2-8H,9H2,1H3,(H,22,23). The van der Waals surface area contributed by atoms with Gasteiger partial charge in [-0.3, -0.25) is 4.79 Å². The van der Waals surface area contributed by atoms with Crippen molar-refractivity contribution in [3.8, 4) is 5.75 Å². The number of anilines is 1. The molecule has 0 bridgehead atoms. The van der Waals surface area contributed by atoms with Gasteiger partial charge in [0.25, 0.3) is 5.91 Å². The van der Waals surface area contributed by atoms with Gasteiger partial charge in [-0.15, -0.1) is 0 Å². The van der Waals surface area contributed by atoms with Gasteiger partial charge in [0.1, 0.15) is 5.75 Å². The molecular weight excluding hydrogens is 375 g/mol. The molecule has 2 aromatic rings. The Kier molecular flexibility index (Phi) is 6.10. The zero-order chi connectivity index (χ0) is 19.3. The van der Waals surface area contributed by atoms with Crippen molar-refractivity contribution in [2.24, 2.45) is 0 Å². The molecule has 0 atom stereocenters. The number of halogens is 4. The molecule has 1 N–H and O–H groups in total. The number of alkyl halides is 3. The smallest absolute Gasteiger partial charge is 0.418 e. The maximum atomic E-state index is 13.0. The lowest BCUT2D eigenvalue weighted by Gasteiger charge is -2.15. The van der Waals surface area contributed by atoms with Crippen LogP contribution in [0.4, 0.5) is 18.9 Å². The molecule has 0 saturated carbocycles. The summed E-state index contributed by atoms with van der Waals surface area (Å²) in [4.78, 5) is 23.7. The molecule has 1 amide bonds. The molecule has 5 nitrogen and oxygen atoms in total. The van der Waals surface area contributed by atoms with Crippen molar-refractivity contribution in [2.45, 2.75) is 6.18 Å². The summed E-state index contributed by atoms with van der Waals surface area (Å²) >= 11 is 5.73. The van der Waals surface area contributed by atoms with Crippen LogP contribution in [0.25, 0.3) is 0 Å². The summed E-state index contributed by atoms with van der Waals surface area (Å²) in [7, 11) is 1.46. The molecule has 26 heavy (non-hydrogen) atoms. The average Bonchev–Trinajstić information content (AvgIpc) is 2.60. The van der Waals surface area contributed by atoms with Gasteiger partial charge in [-0.25, -0.2) is 4.79 Å². The molecule has 2 aromatic carbocycles. The van der Waals surface area contributed by atoms with E-state index in [0.29, 0.717) is 5.75 Å². The van der Waals surface area contributed by atoms with Gasteiger partial charge >= 0.3 is 12.1 Å². The molecule has 0 aliphatic heterocycles. The fourth-order valence-electron chi connectivity index (χ4n) is 2.00. The Morgan fingerprint density at radius 2 is 1.77 bits per heavy atom. The van der Waals surface area contributed by atoms with Crippen LogP contribution in [-0.2, 0) is 15.7 Å². The molecular formula is C17H13ClF3NO4. The molecule has 0 radical (unpaired) electrons. The first kappa shape index (κ1) is 19.6. The minimum atomic E-state index is -4.70. The molecule has 0 aromatic heterocycles. The number of hydrogen-bond donors (Lipinski definition) is 1. The first-order chi connectivity index (χ1) is 12.2.